The molecule has 6 heteroatoms. The zero-order valence-electron chi connectivity index (χ0n) is 9.86. The highest BCUT2D eigenvalue weighted by Gasteiger charge is 2.22. The van der Waals surface area contributed by atoms with Crippen LogP contribution in [-0.2, 0) is 11.3 Å². The number of aromatic nitrogens is 1. The first kappa shape index (κ1) is 13.1. The van der Waals surface area contributed by atoms with Gasteiger partial charge in [-0.3, -0.25) is 0 Å². The van der Waals surface area contributed by atoms with Crippen molar-refractivity contribution in [2.45, 2.75) is 19.4 Å². The molecule has 2 heterocycles. The molecule has 1 aromatic rings. The Hall–Kier alpha value is -0.360. The highest BCUT2D eigenvalue weighted by Crippen LogP contribution is 2.32. The number of nitrogens with zero attached hydrogens (tertiary/aromatic N) is 2. The topological polar surface area (TPSA) is 45.6 Å². The molecule has 0 unspecified atom stereocenters. The quantitative estimate of drug-likeness (QED) is 0.915. The maximum absolute atomic E-state index is 9.09. The Labute approximate surface area is 110 Å². The van der Waals surface area contributed by atoms with Crippen LogP contribution in [0.15, 0.2) is 0 Å². The largest absolute Gasteiger partial charge is 0.391 e. The van der Waals surface area contributed by atoms with E-state index in [1.54, 1.807) is 7.11 Å². The van der Waals surface area contributed by atoms with E-state index in [-0.39, 0.29) is 6.61 Å². The molecule has 0 saturated carbocycles. The number of rotatable bonds is 4. The third kappa shape index (κ3) is 3.10. The van der Waals surface area contributed by atoms with Gasteiger partial charge < -0.3 is 14.7 Å². The first-order valence-corrected chi connectivity index (χ1v) is 6.94. The highest BCUT2D eigenvalue weighted by atomic mass is 35.5. The Bertz CT molecular complexity index is 364. The molecule has 96 valence electrons. The minimum Gasteiger partial charge on any atom is -0.391 e. The molecule has 0 aliphatic carbocycles. The van der Waals surface area contributed by atoms with Crippen molar-refractivity contribution in [2.24, 2.45) is 5.92 Å². The van der Waals surface area contributed by atoms with Crippen LogP contribution in [0.5, 0.6) is 0 Å². The van der Waals surface area contributed by atoms with E-state index in [1.807, 2.05) is 0 Å². The number of piperidine rings is 1. The number of hydrogen-bond donors (Lipinski definition) is 1. The summed E-state index contributed by atoms with van der Waals surface area (Å²) in [4.78, 5) is 7.28. The van der Waals surface area contributed by atoms with Crippen LogP contribution in [0.1, 0.15) is 17.7 Å². The molecule has 0 spiro atoms. The molecule has 4 nitrogen and oxygen atoms in total. The second-order valence-electron chi connectivity index (χ2n) is 4.25. The third-order valence-corrected chi connectivity index (χ3v) is 4.60. The first-order valence-electron chi connectivity index (χ1n) is 5.74. The summed E-state index contributed by atoms with van der Waals surface area (Å²) in [5.74, 6) is 0.656. The number of halogens is 1. The van der Waals surface area contributed by atoms with Crippen LogP contribution in [0, 0.1) is 5.92 Å². The molecular weight excluding hydrogens is 260 g/mol. The van der Waals surface area contributed by atoms with Crippen molar-refractivity contribution in [1.82, 2.24) is 4.98 Å². The number of methoxy groups -OCH3 is 1. The van der Waals surface area contributed by atoms with Gasteiger partial charge in [-0.25, -0.2) is 4.98 Å². The number of ether oxygens (including phenoxy) is 1. The Morgan fingerprint density at radius 1 is 1.53 bits per heavy atom. The van der Waals surface area contributed by atoms with Crippen molar-refractivity contribution in [3.63, 3.8) is 0 Å². The summed E-state index contributed by atoms with van der Waals surface area (Å²) in [6.07, 6.45) is 2.25. The van der Waals surface area contributed by atoms with Crippen LogP contribution in [0.3, 0.4) is 0 Å². The molecule has 1 aromatic heterocycles. The fraction of sp³-hybridized carbons (Fsp3) is 0.727. The highest BCUT2D eigenvalue weighted by molar-refractivity contribution is 7.16. The third-order valence-electron chi connectivity index (χ3n) is 3.07. The Kier molecular flexibility index (Phi) is 4.62. The van der Waals surface area contributed by atoms with Gasteiger partial charge in [-0.1, -0.05) is 22.9 Å². The SMILES string of the molecule is COCC1CCN(c2nc(Cl)c(CO)s2)CC1. The minimum atomic E-state index is -0.0311. The van der Waals surface area contributed by atoms with E-state index in [0.717, 1.165) is 42.5 Å². The molecule has 17 heavy (non-hydrogen) atoms. The summed E-state index contributed by atoms with van der Waals surface area (Å²) < 4.78 is 5.18. The number of thiazole rings is 1. The zero-order valence-corrected chi connectivity index (χ0v) is 11.4. The van der Waals surface area contributed by atoms with Gasteiger partial charge in [-0.05, 0) is 18.8 Å². The standard InChI is InChI=1S/C11H17ClN2O2S/c1-16-7-8-2-4-14(5-3-8)11-13-10(12)9(6-15)17-11/h8,15H,2-7H2,1H3. The second kappa shape index (κ2) is 6.00. The lowest BCUT2D eigenvalue weighted by atomic mass is 9.98. The summed E-state index contributed by atoms with van der Waals surface area (Å²) >= 11 is 7.42. The Balaban J connectivity index is 1.95. The first-order chi connectivity index (χ1) is 8.24. The number of aliphatic hydroxyl groups is 1. The smallest absolute Gasteiger partial charge is 0.187 e. The van der Waals surface area contributed by atoms with Crippen LogP contribution in [0.4, 0.5) is 5.13 Å². The van der Waals surface area contributed by atoms with Gasteiger partial charge in [-0.2, -0.15) is 0 Å². The molecule has 0 bridgehead atoms. The van der Waals surface area contributed by atoms with E-state index in [9.17, 15) is 0 Å². The molecule has 1 saturated heterocycles. The zero-order chi connectivity index (χ0) is 12.3. The normalized spacial score (nSPS) is 17.7. The molecule has 0 radical (unpaired) electrons. The van der Waals surface area contributed by atoms with Crippen molar-refractivity contribution in [1.29, 1.82) is 0 Å². The molecule has 1 aliphatic rings. The molecule has 1 N–H and O–H groups in total. The van der Waals surface area contributed by atoms with Crippen molar-refractivity contribution >= 4 is 28.1 Å². The second-order valence-corrected chi connectivity index (χ2v) is 5.67. The number of aliphatic hydroxyl groups excluding tert-OH is 1. The van der Waals surface area contributed by atoms with Crippen molar-refractivity contribution in [3.05, 3.63) is 10.0 Å². The van der Waals surface area contributed by atoms with E-state index >= 15 is 0 Å². The maximum atomic E-state index is 9.09. The molecule has 1 fully saturated rings. The predicted molar refractivity (Wildman–Crippen MR) is 69.9 cm³/mol. The van der Waals surface area contributed by atoms with Crippen molar-refractivity contribution in [2.75, 3.05) is 31.7 Å². The van der Waals surface area contributed by atoms with Crippen LogP contribution < -0.4 is 4.90 Å². The van der Waals surface area contributed by atoms with Gasteiger partial charge in [0.05, 0.1) is 11.5 Å². The maximum Gasteiger partial charge on any atom is 0.187 e. The molecule has 0 amide bonds. The monoisotopic (exact) mass is 276 g/mol. The summed E-state index contributed by atoms with van der Waals surface area (Å²) in [5.41, 5.74) is 0. The summed E-state index contributed by atoms with van der Waals surface area (Å²) in [7, 11) is 1.75. The summed E-state index contributed by atoms with van der Waals surface area (Å²) in [5, 5.41) is 10.5. The number of anilines is 1. The van der Waals surface area contributed by atoms with Crippen molar-refractivity contribution in [3.8, 4) is 0 Å². The van der Waals surface area contributed by atoms with Gasteiger partial charge in [0.1, 0.15) is 5.15 Å². The van der Waals surface area contributed by atoms with E-state index in [4.69, 9.17) is 21.4 Å². The van der Waals surface area contributed by atoms with Crippen LogP contribution >= 0.6 is 22.9 Å². The lowest BCUT2D eigenvalue weighted by Gasteiger charge is -2.31. The van der Waals surface area contributed by atoms with E-state index in [2.05, 4.69) is 9.88 Å². The summed E-state index contributed by atoms with van der Waals surface area (Å²) in [6.45, 7) is 2.79. The van der Waals surface area contributed by atoms with Crippen molar-refractivity contribution < 1.29 is 9.84 Å². The van der Waals surface area contributed by atoms with Gasteiger partial charge in [0, 0.05) is 26.8 Å². The molecular formula is C11H17ClN2O2S. The van der Waals surface area contributed by atoms with E-state index in [1.165, 1.54) is 11.3 Å². The molecule has 2 rings (SSSR count). The van der Waals surface area contributed by atoms with Crippen LogP contribution in [0.25, 0.3) is 0 Å². The lowest BCUT2D eigenvalue weighted by molar-refractivity contribution is 0.139. The van der Waals surface area contributed by atoms with E-state index < -0.39 is 0 Å². The van der Waals surface area contributed by atoms with Gasteiger partial charge >= 0.3 is 0 Å². The Morgan fingerprint density at radius 2 is 2.24 bits per heavy atom. The number of hydrogen-bond acceptors (Lipinski definition) is 5. The lowest BCUT2D eigenvalue weighted by Crippen LogP contribution is -2.34. The van der Waals surface area contributed by atoms with Gasteiger partial charge in [0.25, 0.3) is 0 Å². The minimum absolute atomic E-state index is 0.0311. The average Bonchev–Trinajstić information content (AvgIpc) is 2.72. The predicted octanol–water partition coefficient (Wildman–Crippen LogP) is 2.15. The van der Waals surface area contributed by atoms with E-state index in [0.29, 0.717) is 11.1 Å². The fourth-order valence-electron chi connectivity index (χ4n) is 2.08. The van der Waals surface area contributed by atoms with Gasteiger partial charge in [0.15, 0.2) is 5.13 Å². The van der Waals surface area contributed by atoms with Gasteiger partial charge in [-0.15, -0.1) is 0 Å². The average molecular weight is 277 g/mol. The fourth-order valence-corrected chi connectivity index (χ4v) is 3.25. The van der Waals surface area contributed by atoms with Crippen LogP contribution in [-0.4, -0.2) is 36.9 Å². The Morgan fingerprint density at radius 3 is 2.76 bits per heavy atom. The molecule has 1 aliphatic heterocycles. The molecule has 0 atom stereocenters. The molecule has 0 aromatic carbocycles. The summed E-state index contributed by atoms with van der Waals surface area (Å²) in [6, 6.07) is 0. The van der Waals surface area contributed by atoms with Gasteiger partial charge in [0.2, 0.25) is 0 Å². The van der Waals surface area contributed by atoms with Crippen LogP contribution in [0.2, 0.25) is 5.15 Å².